The number of hydrogen-bond acceptors (Lipinski definition) is 2. The normalized spacial score (nSPS) is 10.1. The van der Waals surface area contributed by atoms with Gasteiger partial charge in [-0.05, 0) is 61.1 Å². The van der Waals surface area contributed by atoms with E-state index in [4.69, 9.17) is 5.11 Å². The molecule has 0 saturated carbocycles. The number of rotatable bonds is 1. The van der Waals surface area contributed by atoms with Gasteiger partial charge in [-0.3, -0.25) is 0 Å². The van der Waals surface area contributed by atoms with Crippen LogP contribution in [0, 0.1) is 7.14 Å². The van der Waals surface area contributed by atoms with Gasteiger partial charge in [0, 0.05) is 0 Å². The maximum Gasteiger partial charge on any atom is 0.347 e. The Kier molecular flexibility index (Phi) is 3.59. The molecule has 1 aromatic rings. The fourth-order valence-corrected chi connectivity index (χ4v) is 4.00. The van der Waals surface area contributed by atoms with Crippen molar-refractivity contribution in [2.45, 2.75) is 0 Å². The second-order valence-corrected chi connectivity index (χ2v) is 6.13. The molecule has 0 unspecified atom stereocenters. The largest absolute Gasteiger partial charge is 0.477 e. The Morgan fingerprint density at radius 1 is 1.45 bits per heavy atom. The van der Waals surface area contributed by atoms with Crippen LogP contribution in [0.5, 0.6) is 0 Å². The summed E-state index contributed by atoms with van der Waals surface area (Å²) < 4.78 is 2.68. The topological polar surface area (TPSA) is 37.3 Å². The molecule has 11 heavy (non-hydrogen) atoms. The van der Waals surface area contributed by atoms with E-state index in [1.165, 1.54) is 11.3 Å². The van der Waals surface area contributed by atoms with Crippen LogP contribution in [0.2, 0.25) is 0 Å². The summed E-state index contributed by atoms with van der Waals surface area (Å²) in [6.07, 6.45) is 0. The molecule has 6 heteroatoms. The molecular weight excluding hydrogens is 458 g/mol. The SMILES string of the molecule is O=C(O)c1sc(Br)c(I)c1I. The van der Waals surface area contributed by atoms with E-state index in [1.54, 1.807) is 0 Å². The van der Waals surface area contributed by atoms with Gasteiger partial charge in [-0.2, -0.15) is 0 Å². The number of halogens is 3. The van der Waals surface area contributed by atoms with E-state index in [-0.39, 0.29) is 0 Å². The minimum Gasteiger partial charge on any atom is -0.477 e. The zero-order chi connectivity index (χ0) is 8.59. The van der Waals surface area contributed by atoms with Crippen LogP contribution in [-0.2, 0) is 0 Å². The molecule has 1 aromatic heterocycles. The van der Waals surface area contributed by atoms with Gasteiger partial charge < -0.3 is 5.11 Å². The summed E-state index contributed by atoms with van der Waals surface area (Å²) in [4.78, 5) is 11.0. The van der Waals surface area contributed by atoms with Crippen LogP contribution >= 0.6 is 72.4 Å². The zero-order valence-electron chi connectivity index (χ0n) is 4.90. The number of hydrogen-bond donors (Lipinski definition) is 1. The highest BCUT2D eigenvalue weighted by atomic mass is 127. The van der Waals surface area contributed by atoms with Crippen molar-refractivity contribution < 1.29 is 9.90 Å². The monoisotopic (exact) mass is 458 g/mol. The molecule has 60 valence electrons. The molecule has 1 heterocycles. The molecule has 0 spiro atoms. The lowest BCUT2D eigenvalue weighted by Gasteiger charge is -1.87. The number of aromatic carboxylic acids is 1. The van der Waals surface area contributed by atoms with Gasteiger partial charge in [0.15, 0.2) is 0 Å². The first-order chi connectivity index (χ1) is 5.04. The molecule has 2 nitrogen and oxygen atoms in total. The van der Waals surface area contributed by atoms with Crippen LogP contribution in [0.25, 0.3) is 0 Å². The lowest BCUT2D eigenvalue weighted by atomic mass is 10.5. The highest BCUT2D eigenvalue weighted by Gasteiger charge is 2.17. The van der Waals surface area contributed by atoms with Crippen LogP contribution in [0.3, 0.4) is 0 Å². The van der Waals surface area contributed by atoms with Gasteiger partial charge in [0.05, 0.1) is 10.9 Å². The highest BCUT2D eigenvalue weighted by Crippen LogP contribution is 2.34. The maximum absolute atomic E-state index is 10.6. The maximum atomic E-state index is 10.6. The second-order valence-electron chi connectivity index (χ2n) is 1.64. The number of carbonyl (C=O) groups is 1. The average Bonchev–Trinajstić information content (AvgIpc) is 2.17. The number of thiophene rings is 1. The molecule has 0 radical (unpaired) electrons. The van der Waals surface area contributed by atoms with Crippen molar-refractivity contribution >= 4 is 78.4 Å². The predicted octanol–water partition coefficient (Wildman–Crippen LogP) is 3.42. The summed E-state index contributed by atoms with van der Waals surface area (Å²) in [5, 5.41) is 8.68. The third-order valence-corrected chi connectivity index (χ3v) is 7.46. The van der Waals surface area contributed by atoms with Crippen LogP contribution in [-0.4, -0.2) is 11.1 Å². The summed E-state index contributed by atoms with van der Waals surface area (Å²) >= 11 is 8.68. The Balaban J connectivity index is 3.29. The summed E-state index contributed by atoms with van der Waals surface area (Å²) in [5.41, 5.74) is 0. The lowest BCUT2D eigenvalue weighted by molar-refractivity contribution is 0.0701. The molecule has 0 aromatic carbocycles. The van der Waals surface area contributed by atoms with Crippen molar-refractivity contribution in [3.8, 4) is 0 Å². The third-order valence-electron chi connectivity index (χ3n) is 0.951. The molecule has 1 rings (SSSR count). The van der Waals surface area contributed by atoms with Crippen molar-refractivity contribution in [3.63, 3.8) is 0 Å². The van der Waals surface area contributed by atoms with Gasteiger partial charge in [-0.1, -0.05) is 0 Å². The Morgan fingerprint density at radius 3 is 2.18 bits per heavy atom. The van der Waals surface area contributed by atoms with E-state index in [0.717, 1.165) is 10.9 Å². The third kappa shape index (κ3) is 2.07. The molecule has 0 aliphatic rings. The Bertz CT molecular complexity index is 310. The van der Waals surface area contributed by atoms with Gasteiger partial charge in [0.25, 0.3) is 0 Å². The number of carboxylic acid groups (broad SMARTS) is 1. The van der Waals surface area contributed by atoms with Gasteiger partial charge in [-0.25, -0.2) is 4.79 Å². The summed E-state index contributed by atoms with van der Waals surface area (Å²) in [7, 11) is 0. The summed E-state index contributed by atoms with van der Waals surface area (Å²) in [6.45, 7) is 0. The van der Waals surface area contributed by atoms with Gasteiger partial charge in [0.1, 0.15) is 4.88 Å². The summed E-state index contributed by atoms with van der Waals surface area (Å²) in [5.74, 6) is -0.858. The van der Waals surface area contributed by atoms with Gasteiger partial charge >= 0.3 is 5.97 Å². The van der Waals surface area contributed by atoms with Crippen molar-refractivity contribution in [2.75, 3.05) is 0 Å². The molecule has 0 fully saturated rings. The van der Waals surface area contributed by atoms with E-state index < -0.39 is 5.97 Å². The first-order valence-corrected chi connectivity index (χ1v) is 6.17. The van der Waals surface area contributed by atoms with Crippen molar-refractivity contribution in [1.82, 2.24) is 0 Å². The lowest BCUT2D eigenvalue weighted by Crippen LogP contribution is -1.94. The van der Waals surface area contributed by atoms with Crippen LogP contribution < -0.4 is 0 Å². The quantitative estimate of drug-likeness (QED) is 0.655. The first kappa shape index (κ1) is 10.2. The second kappa shape index (κ2) is 3.88. The molecule has 0 aliphatic heterocycles. The predicted molar refractivity (Wildman–Crippen MR) is 64.4 cm³/mol. The van der Waals surface area contributed by atoms with Gasteiger partial charge in [-0.15, -0.1) is 11.3 Å². The molecule has 0 aliphatic carbocycles. The average molecular weight is 459 g/mol. The van der Waals surface area contributed by atoms with Crippen LogP contribution in [0.1, 0.15) is 9.67 Å². The van der Waals surface area contributed by atoms with E-state index in [2.05, 4.69) is 38.5 Å². The molecule has 0 saturated heterocycles. The van der Waals surface area contributed by atoms with E-state index in [9.17, 15) is 4.79 Å². The van der Waals surface area contributed by atoms with Crippen LogP contribution in [0.4, 0.5) is 0 Å². The van der Waals surface area contributed by atoms with Crippen molar-refractivity contribution in [1.29, 1.82) is 0 Å². The van der Waals surface area contributed by atoms with E-state index in [1.807, 2.05) is 22.6 Å². The zero-order valence-corrected chi connectivity index (χ0v) is 11.6. The van der Waals surface area contributed by atoms with E-state index >= 15 is 0 Å². The fourth-order valence-electron chi connectivity index (χ4n) is 0.503. The minimum atomic E-state index is -0.858. The van der Waals surface area contributed by atoms with Crippen molar-refractivity contribution in [3.05, 3.63) is 15.8 Å². The fraction of sp³-hybridized carbons (Fsp3) is 0. The first-order valence-electron chi connectivity index (χ1n) is 2.40. The van der Waals surface area contributed by atoms with Gasteiger partial charge in [0.2, 0.25) is 0 Å². The molecule has 1 N–H and O–H groups in total. The summed E-state index contributed by atoms with van der Waals surface area (Å²) in [6, 6.07) is 0. The highest BCUT2D eigenvalue weighted by molar-refractivity contribution is 14.1. The standard InChI is InChI=1S/C5HBrI2O2S/c6-4-2(8)1(7)3(11-4)5(9)10/h(H,9,10). The van der Waals surface area contributed by atoms with Crippen molar-refractivity contribution in [2.24, 2.45) is 0 Å². The minimum absolute atomic E-state index is 0.405. The number of carboxylic acids is 1. The molecule has 0 amide bonds. The van der Waals surface area contributed by atoms with E-state index in [0.29, 0.717) is 4.88 Å². The Morgan fingerprint density at radius 2 is 2.00 bits per heavy atom. The molecule has 0 bridgehead atoms. The molecular formula is C5HBrI2O2S. The smallest absolute Gasteiger partial charge is 0.347 e. The Hall–Kier alpha value is 1.11. The van der Waals surface area contributed by atoms with Crippen LogP contribution in [0.15, 0.2) is 3.79 Å². The molecule has 0 atom stereocenters. The Labute approximate surface area is 103 Å².